The van der Waals surface area contributed by atoms with Gasteiger partial charge in [-0.15, -0.1) is 6.58 Å². The SMILES string of the molecule is C=CCCN(C(C#Cc1ccccc1)C(=C)C(=O)OC)S(=O)(=O)c1ccc(C)cc1. The number of ether oxygens (including phenoxy) is 1. The van der Waals surface area contributed by atoms with Gasteiger partial charge in [-0.3, -0.25) is 0 Å². The molecule has 1 atom stereocenters. The van der Waals surface area contributed by atoms with Gasteiger partial charge in [0.05, 0.1) is 17.6 Å². The van der Waals surface area contributed by atoms with Gasteiger partial charge in [-0.1, -0.05) is 60.4 Å². The molecular weight excluding hydrogens is 398 g/mol. The summed E-state index contributed by atoms with van der Waals surface area (Å²) in [5, 5.41) is 0. The third-order valence-electron chi connectivity index (χ3n) is 4.37. The minimum Gasteiger partial charge on any atom is -0.466 e. The molecular formula is C24H25NO4S. The van der Waals surface area contributed by atoms with Gasteiger partial charge in [0.15, 0.2) is 0 Å². The fourth-order valence-electron chi connectivity index (χ4n) is 2.70. The number of carbonyl (C=O) groups excluding carboxylic acids is 1. The minimum absolute atomic E-state index is 0.0549. The summed E-state index contributed by atoms with van der Waals surface area (Å²) in [4.78, 5) is 12.3. The smallest absolute Gasteiger partial charge is 0.335 e. The molecule has 0 aliphatic rings. The van der Waals surface area contributed by atoms with Gasteiger partial charge < -0.3 is 4.74 Å². The lowest BCUT2D eigenvalue weighted by molar-refractivity contribution is -0.136. The Bertz CT molecular complexity index is 1060. The van der Waals surface area contributed by atoms with E-state index < -0.39 is 22.0 Å². The van der Waals surface area contributed by atoms with E-state index in [1.807, 2.05) is 25.1 Å². The molecule has 2 rings (SSSR count). The number of rotatable bonds is 8. The molecule has 0 amide bonds. The molecule has 0 spiro atoms. The predicted octanol–water partition coefficient (Wildman–Crippen LogP) is 3.71. The zero-order valence-corrected chi connectivity index (χ0v) is 18.0. The van der Waals surface area contributed by atoms with Gasteiger partial charge in [0.2, 0.25) is 10.0 Å². The molecule has 2 aromatic carbocycles. The van der Waals surface area contributed by atoms with Crippen LogP contribution in [0.3, 0.4) is 0 Å². The van der Waals surface area contributed by atoms with E-state index in [0.29, 0.717) is 12.0 Å². The summed E-state index contributed by atoms with van der Waals surface area (Å²) in [5.74, 6) is 5.14. The molecule has 0 heterocycles. The summed E-state index contributed by atoms with van der Waals surface area (Å²) in [5.41, 5.74) is 1.57. The minimum atomic E-state index is -3.97. The average Bonchev–Trinajstić information content (AvgIpc) is 2.75. The van der Waals surface area contributed by atoms with Crippen molar-refractivity contribution in [2.75, 3.05) is 13.7 Å². The quantitative estimate of drug-likeness (QED) is 0.281. The van der Waals surface area contributed by atoms with Crippen molar-refractivity contribution in [2.24, 2.45) is 0 Å². The first-order chi connectivity index (χ1) is 14.3. The molecule has 0 radical (unpaired) electrons. The maximum Gasteiger partial charge on any atom is 0.335 e. The third-order valence-corrected chi connectivity index (χ3v) is 6.25. The second-order valence-electron chi connectivity index (χ2n) is 6.56. The molecule has 0 saturated carbocycles. The van der Waals surface area contributed by atoms with Crippen LogP contribution in [0.15, 0.2) is 84.3 Å². The summed E-state index contributed by atoms with van der Waals surface area (Å²) in [6.07, 6.45) is 1.99. The van der Waals surface area contributed by atoms with E-state index in [1.165, 1.54) is 23.5 Å². The summed E-state index contributed by atoms with van der Waals surface area (Å²) < 4.78 is 32.9. The molecule has 0 fully saturated rings. The fraction of sp³-hybridized carbons (Fsp3) is 0.208. The van der Waals surface area contributed by atoms with Crippen molar-refractivity contribution in [3.05, 3.63) is 90.5 Å². The third kappa shape index (κ3) is 5.69. The predicted molar refractivity (Wildman–Crippen MR) is 118 cm³/mol. The lowest BCUT2D eigenvalue weighted by Crippen LogP contribution is -2.42. The average molecular weight is 424 g/mol. The molecule has 0 aliphatic carbocycles. The zero-order chi connectivity index (χ0) is 22.1. The topological polar surface area (TPSA) is 63.7 Å². The van der Waals surface area contributed by atoms with E-state index in [4.69, 9.17) is 4.74 Å². The number of aryl methyl sites for hydroxylation is 1. The van der Waals surface area contributed by atoms with Gasteiger partial charge >= 0.3 is 5.97 Å². The summed E-state index contributed by atoms with van der Waals surface area (Å²) in [7, 11) is -2.75. The van der Waals surface area contributed by atoms with E-state index in [9.17, 15) is 13.2 Å². The van der Waals surface area contributed by atoms with Crippen LogP contribution in [0.5, 0.6) is 0 Å². The van der Waals surface area contributed by atoms with Crippen molar-refractivity contribution in [1.29, 1.82) is 0 Å². The Morgan fingerprint density at radius 1 is 1.17 bits per heavy atom. The highest BCUT2D eigenvalue weighted by Gasteiger charge is 2.34. The van der Waals surface area contributed by atoms with E-state index in [1.54, 1.807) is 30.3 Å². The van der Waals surface area contributed by atoms with Crippen LogP contribution in [0.25, 0.3) is 0 Å². The van der Waals surface area contributed by atoms with Crippen LogP contribution < -0.4 is 0 Å². The molecule has 6 heteroatoms. The van der Waals surface area contributed by atoms with Crippen molar-refractivity contribution in [3.63, 3.8) is 0 Å². The first kappa shape index (κ1) is 23.1. The highest BCUT2D eigenvalue weighted by molar-refractivity contribution is 7.89. The molecule has 0 N–H and O–H groups in total. The maximum absolute atomic E-state index is 13.4. The first-order valence-electron chi connectivity index (χ1n) is 9.34. The highest BCUT2D eigenvalue weighted by atomic mass is 32.2. The Morgan fingerprint density at radius 3 is 2.37 bits per heavy atom. The van der Waals surface area contributed by atoms with E-state index in [2.05, 4.69) is 25.0 Å². The van der Waals surface area contributed by atoms with Crippen LogP contribution in [-0.4, -0.2) is 38.4 Å². The van der Waals surface area contributed by atoms with Crippen molar-refractivity contribution < 1.29 is 17.9 Å². The first-order valence-corrected chi connectivity index (χ1v) is 10.8. The number of hydrogen-bond acceptors (Lipinski definition) is 4. The Balaban J connectivity index is 2.59. The Labute approximate surface area is 178 Å². The lowest BCUT2D eigenvalue weighted by Gasteiger charge is -2.28. The number of sulfonamides is 1. The standard InChI is InChI=1S/C24H25NO4S/c1-5-6-18-25(30(27,28)22-15-12-19(2)13-16-22)23(20(3)24(26)29-4)17-14-21-10-8-7-9-11-21/h5,7-13,15-16,23H,1,3,6,18H2,2,4H3. The molecule has 1 unspecified atom stereocenters. The van der Waals surface area contributed by atoms with Crippen molar-refractivity contribution in [3.8, 4) is 11.8 Å². The van der Waals surface area contributed by atoms with E-state index in [-0.39, 0.29) is 17.0 Å². The van der Waals surface area contributed by atoms with Crippen LogP contribution in [0, 0.1) is 18.8 Å². The number of nitrogens with zero attached hydrogens (tertiary/aromatic N) is 1. The molecule has 0 saturated heterocycles. The van der Waals surface area contributed by atoms with Crippen LogP contribution in [-0.2, 0) is 19.6 Å². The molecule has 0 bridgehead atoms. The summed E-state index contributed by atoms with van der Waals surface area (Å²) in [6, 6.07) is 14.5. The van der Waals surface area contributed by atoms with Crippen molar-refractivity contribution in [1.82, 2.24) is 4.31 Å². The monoisotopic (exact) mass is 423 g/mol. The molecule has 5 nitrogen and oxygen atoms in total. The number of carbonyl (C=O) groups is 1. The number of methoxy groups -OCH3 is 1. The second-order valence-corrected chi connectivity index (χ2v) is 8.45. The second kappa shape index (κ2) is 10.6. The van der Waals surface area contributed by atoms with Gasteiger partial charge in [0, 0.05) is 12.1 Å². The normalized spacial score (nSPS) is 11.8. The van der Waals surface area contributed by atoms with Crippen LogP contribution >= 0.6 is 0 Å². The Kier molecular flexibility index (Phi) is 8.16. The van der Waals surface area contributed by atoms with Crippen LogP contribution in [0.4, 0.5) is 0 Å². The maximum atomic E-state index is 13.4. The van der Waals surface area contributed by atoms with Gasteiger partial charge in [-0.05, 0) is 37.6 Å². The molecule has 0 aliphatic heterocycles. The van der Waals surface area contributed by atoms with Gasteiger partial charge in [-0.25, -0.2) is 13.2 Å². The van der Waals surface area contributed by atoms with Crippen LogP contribution in [0.1, 0.15) is 17.5 Å². The lowest BCUT2D eigenvalue weighted by atomic mass is 10.1. The highest BCUT2D eigenvalue weighted by Crippen LogP contribution is 2.23. The molecule has 156 valence electrons. The van der Waals surface area contributed by atoms with Gasteiger partial charge in [-0.2, -0.15) is 4.31 Å². The Morgan fingerprint density at radius 2 is 1.80 bits per heavy atom. The van der Waals surface area contributed by atoms with Crippen molar-refractivity contribution in [2.45, 2.75) is 24.3 Å². The summed E-state index contributed by atoms with van der Waals surface area (Å²) >= 11 is 0. The van der Waals surface area contributed by atoms with Crippen LogP contribution in [0.2, 0.25) is 0 Å². The number of hydrogen-bond donors (Lipinski definition) is 0. The van der Waals surface area contributed by atoms with E-state index in [0.717, 1.165) is 5.56 Å². The van der Waals surface area contributed by atoms with E-state index >= 15 is 0 Å². The van der Waals surface area contributed by atoms with Crippen molar-refractivity contribution >= 4 is 16.0 Å². The molecule has 2 aromatic rings. The van der Waals surface area contributed by atoms with Gasteiger partial charge in [0.1, 0.15) is 6.04 Å². The zero-order valence-electron chi connectivity index (χ0n) is 17.2. The number of esters is 1. The largest absolute Gasteiger partial charge is 0.466 e. The molecule has 30 heavy (non-hydrogen) atoms. The molecule has 0 aromatic heterocycles. The fourth-order valence-corrected chi connectivity index (χ4v) is 4.26. The van der Waals surface area contributed by atoms with Gasteiger partial charge in [0.25, 0.3) is 0 Å². The summed E-state index contributed by atoms with van der Waals surface area (Å²) in [6.45, 7) is 9.42. The Hall–Kier alpha value is -3.14. The number of benzene rings is 2.